The van der Waals surface area contributed by atoms with E-state index in [-0.39, 0.29) is 4.87 Å². The highest BCUT2D eigenvalue weighted by Gasteiger charge is 2.34. The van der Waals surface area contributed by atoms with E-state index in [0.29, 0.717) is 13.0 Å². The van der Waals surface area contributed by atoms with Gasteiger partial charge in [0.05, 0.1) is 4.87 Å². The van der Waals surface area contributed by atoms with Gasteiger partial charge in [0, 0.05) is 13.7 Å². The molecule has 0 bridgehead atoms. The van der Waals surface area contributed by atoms with Crippen molar-refractivity contribution in [1.29, 1.82) is 0 Å². The minimum Gasteiger partial charge on any atom is -0.480 e. The first-order valence-electron chi connectivity index (χ1n) is 4.71. The van der Waals surface area contributed by atoms with Crippen molar-refractivity contribution in [3.8, 4) is 0 Å². The summed E-state index contributed by atoms with van der Waals surface area (Å²) in [5, 5.41) is 12.0. The molecular formula is C9H17NO3S. The van der Waals surface area contributed by atoms with Gasteiger partial charge in [0.1, 0.15) is 6.04 Å². The van der Waals surface area contributed by atoms with E-state index in [0.717, 1.165) is 12.2 Å². The molecule has 1 heterocycles. The van der Waals surface area contributed by atoms with Crippen LogP contribution in [0.15, 0.2) is 0 Å². The fourth-order valence-electron chi connectivity index (χ4n) is 1.51. The van der Waals surface area contributed by atoms with Crippen molar-refractivity contribution in [3.05, 3.63) is 0 Å². The number of nitrogens with one attached hydrogen (secondary N) is 1. The lowest BCUT2D eigenvalue weighted by Crippen LogP contribution is -2.53. The normalized spacial score (nSPS) is 32.9. The molecule has 2 atom stereocenters. The minimum absolute atomic E-state index is 0.155. The molecule has 1 aliphatic heterocycles. The van der Waals surface area contributed by atoms with Crippen LogP contribution in [0.4, 0.5) is 0 Å². The maximum atomic E-state index is 10.8. The van der Waals surface area contributed by atoms with E-state index in [1.54, 1.807) is 18.9 Å². The number of aliphatic carboxylic acids is 1. The van der Waals surface area contributed by atoms with Gasteiger partial charge in [-0.05, 0) is 25.5 Å². The number of ether oxygens (including phenoxy) is 1. The van der Waals surface area contributed by atoms with Crippen LogP contribution < -0.4 is 5.32 Å². The molecule has 0 aliphatic carbocycles. The Morgan fingerprint density at radius 3 is 3.07 bits per heavy atom. The summed E-state index contributed by atoms with van der Waals surface area (Å²) in [4.78, 5) is 10.7. The molecule has 0 aromatic heterocycles. The molecule has 0 saturated carbocycles. The summed E-state index contributed by atoms with van der Waals surface area (Å²) in [6, 6.07) is -0.405. The van der Waals surface area contributed by atoms with Gasteiger partial charge in [-0.15, -0.1) is 11.8 Å². The summed E-state index contributed by atoms with van der Waals surface area (Å²) in [5.41, 5.74) is 0. The average Bonchev–Trinajstić information content (AvgIpc) is 2.15. The zero-order valence-electron chi connectivity index (χ0n) is 8.58. The lowest BCUT2D eigenvalue weighted by molar-refractivity contribution is -0.140. The van der Waals surface area contributed by atoms with Crippen molar-refractivity contribution in [2.24, 2.45) is 0 Å². The van der Waals surface area contributed by atoms with Crippen LogP contribution in [-0.4, -0.2) is 41.5 Å². The van der Waals surface area contributed by atoms with Crippen LogP contribution in [-0.2, 0) is 9.53 Å². The monoisotopic (exact) mass is 219 g/mol. The van der Waals surface area contributed by atoms with Gasteiger partial charge in [-0.3, -0.25) is 10.1 Å². The van der Waals surface area contributed by atoms with E-state index < -0.39 is 12.0 Å². The molecular weight excluding hydrogens is 202 g/mol. The van der Waals surface area contributed by atoms with Gasteiger partial charge in [0.25, 0.3) is 0 Å². The lowest BCUT2D eigenvalue weighted by Gasteiger charge is -2.37. The summed E-state index contributed by atoms with van der Waals surface area (Å²) in [7, 11) is 1.66. The van der Waals surface area contributed by atoms with Crippen molar-refractivity contribution in [1.82, 2.24) is 5.32 Å². The van der Waals surface area contributed by atoms with Crippen LogP contribution in [0.25, 0.3) is 0 Å². The molecule has 0 amide bonds. The molecule has 5 heteroatoms. The maximum absolute atomic E-state index is 10.8. The Balaban J connectivity index is 2.48. The van der Waals surface area contributed by atoms with Crippen molar-refractivity contribution in [2.45, 2.75) is 30.7 Å². The first kappa shape index (κ1) is 11.8. The highest BCUT2D eigenvalue weighted by Crippen LogP contribution is 2.31. The Morgan fingerprint density at radius 2 is 2.50 bits per heavy atom. The third-order valence-corrected chi connectivity index (χ3v) is 3.79. The van der Waals surface area contributed by atoms with E-state index in [9.17, 15) is 4.79 Å². The predicted octanol–water partition coefficient (Wildman–Crippen LogP) is 0.919. The average molecular weight is 219 g/mol. The third-order valence-electron chi connectivity index (χ3n) is 2.39. The number of hydrogen-bond acceptors (Lipinski definition) is 4. The van der Waals surface area contributed by atoms with E-state index in [1.165, 1.54) is 0 Å². The first-order valence-corrected chi connectivity index (χ1v) is 5.69. The Hall–Kier alpha value is -0.260. The third kappa shape index (κ3) is 3.15. The largest absolute Gasteiger partial charge is 0.480 e. The number of thioether (sulfide) groups is 1. The molecule has 1 saturated heterocycles. The SMILES string of the molecule is COCCC1(C)NC(C(=O)O)CCS1. The fraction of sp³-hybridized carbons (Fsp3) is 0.889. The van der Waals surface area contributed by atoms with Gasteiger partial charge < -0.3 is 9.84 Å². The molecule has 82 valence electrons. The summed E-state index contributed by atoms with van der Waals surface area (Å²) in [5.74, 6) is 0.137. The first-order chi connectivity index (χ1) is 6.57. The van der Waals surface area contributed by atoms with Crippen LogP contribution in [0.3, 0.4) is 0 Å². The van der Waals surface area contributed by atoms with Crippen LogP contribution >= 0.6 is 11.8 Å². The van der Waals surface area contributed by atoms with Crippen LogP contribution in [0.1, 0.15) is 19.8 Å². The van der Waals surface area contributed by atoms with Crippen LogP contribution in [0.5, 0.6) is 0 Å². The lowest BCUT2D eigenvalue weighted by atomic mass is 10.1. The molecule has 2 N–H and O–H groups in total. The van der Waals surface area contributed by atoms with Gasteiger partial charge in [0.15, 0.2) is 0 Å². The second-order valence-electron chi connectivity index (χ2n) is 3.65. The number of carboxylic acid groups (broad SMARTS) is 1. The smallest absolute Gasteiger partial charge is 0.320 e. The molecule has 1 fully saturated rings. The number of carbonyl (C=O) groups is 1. The Kier molecular flexibility index (Phi) is 4.22. The second kappa shape index (κ2) is 5.00. The standard InChI is InChI=1S/C9H17NO3S/c1-9(4-5-13-2)10-7(8(11)12)3-6-14-9/h7,10H,3-6H2,1-2H3,(H,11,12). The fourth-order valence-corrected chi connectivity index (χ4v) is 2.77. The number of methoxy groups -OCH3 is 1. The van der Waals surface area contributed by atoms with Gasteiger partial charge in [-0.1, -0.05) is 0 Å². The topological polar surface area (TPSA) is 58.6 Å². The van der Waals surface area contributed by atoms with E-state index in [4.69, 9.17) is 9.84 Å². The van der Waals surface area contributed by atoms with Crippen molar-refractivity contribution < 1.29 is 14.6 Å². The molecule has 0 spiro atoms. The maximum Gasteiger partial charge on any atom is 0.320 e. The van der Waals surface area contributed by atoms with Crippen molar-refractivity contribution in [2.75, 3.05) is 19.5 Å². The number of carboxylic acids is 1. The molecule has 2 unspecified atom stereocenters. The second-order valence-corrected chi connectivity index (χ2v) is 5.24. The summed E-state index contributed by atoms with van der Waals surface area (Å²) in [6.45, 7) is 2.69. The van der Waals surface area contributed by atoms with Crippen LogP contribution in [0, 0.1) is 0 Å². The summed E-state index contributed by atoms with van der Waals surface area (Å²) in [6.07, 6.45) is 1.53. The predicted molar refractivity (Wildman–Crippen MR) is 56.5 cm³/mol. The van der Waals surface area contributed by atoms with Gasteiger partial charge in [0.2, 0.25) is 0 Å². The molecule has 1 aliphatic rings. The van der Waals surface area contributed by atoms with E-state index >= 15 is 0 Å². The minimum atomic E-state index is -0.756. The van der Waals surface area contributed by atoms with Crippen molar-refractivity contribution >= 4 is 17.7 Å². The highest BCUT2D eigenvalue weighted by molar-refractivity contribution is 8.00. The highest BCUT2D eigenvalue weighted by atomic mass is 32.2. The van der Waals surface area contributed by atoms with Crippen LogP contribution in [0.2, 0.25) is 0 Å². The Labute approximate surface area is 88.4 Å². The molecule has 1 rings (SSSR count). The summed E-state index contributed by atoms with van der Waals surface area (Å²) >= 11 is 1.77. The zero-order valence-corrected chi connectivity index (χ0v) is 9.39. The number of rotatable bonds is 4. The zero-order chi connectivity index (χ0) is 10.6. The molecule has 0 aromatic rings. The summed E-state index contributed by atoms with van der Waals surface area (Å²) < 4.78 is 5.00. The van der Waals surface area contributed by atoms with Gasteiger partial charge >= 0.3 is 5.97 Å². The Morgan fingerprint density at radius 1 is 1.79 bits per heavy atom. The quantitative estimate of drug-likeness (QED) is 0.736. The van der Waals surface area contributed by atoms with E-state index in [1.807, 2.05) is 6.92 Å². The van der Waals surface area contributed by atoms with Gasteiger partial charge in [-0.2, -0.15) is 0 Å². The Bertz CT molecular complexity index is 212. The number of hydrogen-bond donors (Lipinski definition) is 2. The van der Waals surface area contributed by atoms with Gasteiger partial charge in [-0.25, -0.2) is 0 Å². The van der Waals surface area contributed by atoms with E-state index in [2.05, 4.69) is 5.32 Å². The molecule has 0 radical (unpaired) electrons. The van der Waals surface area contributed by atoms with Crippen molar-refractivity contribution in [3.63, 3.8) is 0 Å². The molecule has 14 heavy (non-hydrogen) atoms. The molecule has 4 nitrogen and oxygen atoms in total. The molecule has 0 aromatic carbocycles.